The first kappa shape index (κ1) is 11.9. The van der Waals surface area contributed by atoms with E-state index in [9.17, 15) is 9.18 Å². The van der Waals surface area contributed by atoms with Gasteiger partial charge in [-0.15, -0.1) is 12.4 Å². The Morgan fingerprint density at radius 3 is 2.62 bits per heavy atom. The predicted octanol–water partition coefficient (Wildman–Crippen LogP) is 1.58. The van der Waals surface area contributed by atoms with Crippen LogP contribution in [0.25, 0.3) is 0 Å². The lowest BCUT2D eigenvalue weighted by Crippen LogP contribution is -2.07. The molecule has 72 valence electrons. The maximum Gasteiger partial charge on any atom is 0.340 e. The molecule has 1 heterocycles. The van der Waals surface area contributed by atoms with E-state index in [1.807, 2.05) is 0 Å². The summed E-state index contributed by atoms with van der Waals surface area (Å²) in [6.45, 7) is 0. The van der Waals surface area contributed by atoms with Crippen molar-refractivity contribution in [2.24, 2.45) is 0 Å². The quantitative estimate of drug-likeness (QED) is 0.714. The molecule has 0 radical (unpaired) electrons. The number of aromatic carboxylic acids is 1. The van der Waals surface area contributed by atoms with E-state index in [-0.39, 0.29) is 23.2 Å². The number of hydrogen-bond acceptors (Lipinski definition) is 3. The van der Waals surface area contributed by atoms with E-state index in [4.69, 9.17) is 22.4 Å². The number of halogens is 3. The van der Waals surface area contributed by atoms with Gasteiger partial charge >= 0.3 is 5.97 Å². The van der Waals surface area contributed by atoms with E-state index >= 15 is 0 Å². The zero-order chi connectivity index (χ0) is 9.30. The van der Waals surface area contributed by atoms with E-state index in [1.165, 1.54) is 0 Å². The molecule has 0 spiro atoms. The fourth-order valence-corrected chi connectivity index (χ4v) is 0.840. The Hall–Kier alpha value is -1.07. The third-order valence-electron chi connectivity index (χ3n) is 1.24. The molecule has 1 aromatic rings. The van der Waals surface area contributed by atoms with Gasteiger partial charge in [0.1, 0.15) is 5.56 Å². The molecule has 0 atom stereocenters. The van der Waals surface area contributed by atoms with Crippen LogP contribution in [0.5, 0.6) is 0 Å². The topological polar surface area (TPSA) is 76.2 Å². The number of pyridine rings is 1. The van der Waals surface area contributed by atoms with Crippen LogP contribution in [-0.2, 0) is 0 Å². The second kappa shape index (κ2) is 4.25. The van der Waals surface area contributed by atoms with Crippen molar-refractivity contribution in [3.63, 3.8) is 0 Å². The highest BCUT2D eigenvalue weighted by Crippen LogP contribution is 2.22. The van der Waals surface area contributed by atoms with Crippen LogP contribution in [0, 0.1) is 5.82 Å². The molecule has 0 fully saturated rings. The summed E-state index contributed by atoms with van der Waals surface area (Å²) in [5.74, 6) is -2.46. The van der Waals surface area contributed by atoms with Crippen LogP contribution in [0.15, 0.2) is 6.20 Å². The Morgan fingerprint density at radius 1 is 1.69 bits per heavy atom. The van der Waals surface area contributed by atoms with Crippen LogP contribution in [0.1, 0.15) is 10.4 Å². The Labute approximate surface area is 83.9 Å². The summed E-state index contributed by atoms with van der Waals surface area (Å²) in [5.41, 5.74) is 4.17. The van der Waals surface area contributed by atoms with Gasteiger partial charge in [0.15, 0.2) is 11.0 Å². The molecule has 0 saturated heterocycles. The van der Waals surface area contributed by atoms with Crippen LogP contribution in [0.2, 0.25) is 5.15 Å². The van der Waals surface area contributed by atoms with E-state index < -0.39 is 17.3 Å². The van der Waals surface area contributed by atoms with Gasteiger partial charge in [-0.3, -0.25) is 0 Å². The van der Waals surface area contributed by atoms with E-state index in [2.05, 4.69) is 4.98 Å². The summed E-state index contributed by atoms with van der Waals surface area (Å²) in [4.78, 5) is 13.7. The second-order valence-corrected chi connectivity index (χ2v) is 2.35. The van der Waals surface area contributed by atoms with Gasteiger partial charge in [0.2, 0.25) is 0 Å². The maximum atomic E-state index is 12.7. The lowest BCUT2D eigenvalue weighted by Gasteiger charge is -2.01. The van der Waals surface area contributed by atoms with E-state index in [0.29, 0.717) is 6.20 Å². The number of carboxylic acids is 1. The summed E-state index contributed by atoms with van der Waals surface area (Å²) in [6, 6.07) is 0. The van der Waals surface area contributed by atoms with Crippen molar-refractivity contribution in [2.75, 3.05) is 5.73 Å². The van der Waals surface area contributed by atoms with Gasteiger partial charge < -0.3 is 10.8 Å². The average Bonchev–Trinajstić information content (AvgIpc) is 1.97. The maximum absolute atomic E-state index is 12.7. The van der Waals surface area contributed by atoms with Gasteiger partial charge in [-0.25, -0.2) is 14.2 Å². The fraction of sp³-hybridized carbons (Fsp3) is 0. The lowest BCUT2D eigenvalue weighted by molar-refractivity contribution is 0.0693. The molecule has 4 nitrogen and oxygen atoms in total. The van der Waals surface area contributed by atoms with Crippen molar-refractivity contribution in [3.05, 3.63) is 22.7 Å². The molecule has 1 rings (SSSR count). The summed E-state index contributed by atoms with van der Waals surface area (Å²) in [5, 5.41) is 8.25. The van der Waals surface area contributed by atoms with Crippen molar-refractivity contribution in [2.45, 2.75) is 0 Å². The Morgan fingerprint density at radius 2 is 2.23 bits per heavy atom. The molecular formula is C6H5Cl2FN2O2. The Balaban J connectivity index is 0.00000144. The molecule has 0 bridgehead atoms. The Bertz CT molecular complexity index is 346. The smallest absolute Gasteiger partial charge is 0.340 e. The average molecular weight is 227 g/mol. The SMILES string of the molecule is Cl.Nc1c(Cl)ncc(F)c1C(=O)O. The molecule has 0 saturated carbocycles. The van der Waals surface area contributed by atoms with Crippen molar-refractivity contribution in [1.29, 1.82) is 0 Å². The summed E-state index contributed by atoms with van der Waals surface area (Å²) in [7, 11) is 0. The van der Waals surface area contributed by atoms with Crippen LogP contribution < -0.4 is 5.73 Å². The van der Waals surface area contributed by atoms with Crippen LogP contribution >= 0.6 is 24.0 Å². The number of carboxylic acid groups (broad SMARTS) is 1. The van der Waals surface area contributed by atoms with Crippen molar-refractivity contribution in [1.82, 2.24) is 4.98 Å². The summed E-state index contributed by atoms with van der Waals surface area (Å²) >= 11 is 5.36. The molecule has 0 amide bonds. The molecule has 7 heteroatoms. The first-order valence-electron chi connectivity index (χ1n) is 2.86. The number of nitrogens with zero attached hydrogens (tertiary/aromatic N) is 1. The number of nitrogen functional groups attached to an aromatic ring is 1. The van der Waals surface area contributed by atoms with Crippen molar-refractivity contribution >= 4 is 35.7 Å². The first-order chi connectivity index (χ1) is 5.54. The van der Waals surface area contributed by atoms with Gasteiger partial charge in [-0.05, 0) is 0 Å². The van der Waals surface area contributed by atoms with Gasteiger partial charge in [-0.1, -0.05) is 11.6 Å². The number of anilines is 1. The van der Waals surface area contributed by atoms with Crippen LogP contribution in [0.4, 0.5) is 10.1 Å². The zero-order valence-corrected chi connectivity index (χ0v) is 7.69. The molecule has 0 aromatic carbocycles. The molecule has 13 heavy (non-hydrogen) atoms. The van der Waals surface area contributed by atoms with Crippen molar-refractivity contribution in [3.8, 4) is 0 Å². The van der Waals surface area contributed by atoms with Gasteiger partial charge in [0.05, 0.1) is 11.9 Å². The summed E-state index contributed by atoms with van der Waals surface area (Å²) < 4.78 is 12.7. The minimum Gasteiger partial charge on any atom is -0.478 e. The van der Waals surface area contributed by atoms with Crippen LogP contribution in [-0.4, -0.2) is 16.1 Å². The lowest BCUT2D eigenvalue weighted by atomic mass is 10.2. The number of carbonyl (C=O) groups is 1. The van der Waals surface area contributed by atoms with Gasteiger partial charge in [0, 0.05) is 0 Å². The molecule has 0 aliphatic rings. The third-order valence-corrected chi connectivity index (χ3v) is 1.54. The Kier molecular flexibility index (Phi) is 3.90. The van der Waals surface area contributed by atoms with Crippen LogP contribution in [0.3, 0.4) is 0 Å². The second-order valence-electron chi connectivity index (χ2n) is 1.99. The number of aromatic nitrogens is 1. The molecule has 3 N–H and O–H groups in total. The monoisotopic (exact) mass is 226 g/mol. The fourth-order valence-electron chi connectivity index (χ4n) is 0.697. The predicted molar refractivity (Wildman–Crippen MR) is 47.8 cm³/mol. The van der Waals surface area contributed by atoms with Crippen molar-refractivity contribution < 1.29 is 14.3 Å². The van der Waals surface area contributed by atoms with E-state index in [1.54, 1.807) is 0 Å². The molecule has 0 aliphatic carbocycles. The van der Waals surface area contributed by atoms with Gasteiger partial charge in [0.25, 0.3) is 0 Å². The molecular weight excluding hydrogens is 222 g/mol. The number of nitrogens with two attached hydrogens (primary N) is 1. The van der Waals surface area contributed by atoms with Gasteiger partial charge in [-0.2, -0.15) is 0 Å². The summed E-state index contributed by atoms with van der Waals surface area (Å²) in [6.07, 6.45) is 0.710. The zero-order valence-electron chi connectivity index (χ0n) is 6.12. The number of rotatable bonds is 1. The minimum absolute atomic E-state index is 0. The minimum atomic E-state index is -1.46. The third kappa shape index (κ3) is 2.19. The molecule has 0 aliphatic heterocycles. The normalized spacial score (nSPS) is 9.08. The highest BCUT2D eigenvalue weighted by molar-refractivity contribution is 6.32. The van der Waals surface area contributed by atoms with E-state index in [0.717, 1.165) is 0 Å². The molecule has 1 aromatic heterocycles. The standard InChI is InChI=1S/C6H4ClFN2O2.ClH/c7-5-4(9)3(6(11)12)2(8)1-10-5;/h1H,9H2,(H,11,12);1H. The molecule has 0 unspecified atom stereocenters. The highest BCUT2D eigenvalue weighted by Gasteiger charge is 2.17. The largest absolute Gasteiger partial charge is 0.478 e. The highest BCUT2D eigenvalue weighted by atomic mass is 35.5. The number of hydrogen-bond donors (Lipinski definition) is 2. The first-order valence-corrected chi connectivity index (χ1v) is 3.24.